The Kier molecular flexibility index (Phi) is 5.41. The molecular weight excluding hydrogens is 194 g/mol. The van der Waals surface area contributed by atoms with E-state index in [2.05, 4.69) is 6.58 Å². The third-order valence-corrected chi connectivity index (χ3v) is 1.87. The van der Waals surface area contributed by atoms with Gasteiger partial charge in [0.15, 0.2) is 0 Å². The van der Waals surface area contributed by atoms with Gasteiger partial charge in [0, 0.05) is 0 Å². The summed E-state index contributed by atoms with van der Waals surface area (Å²) < 4.78 is 0. The van der Waals surface area contributed by atoms with E-state index >= 15 is 0 Å². The monoisotopic (exact) mass is 211 g/mol. The maximum absolute atomic E-state index is 10.5. The lowest BCUT2D eigenvalue weighted by molar-refractivity contribution is -0.138. The predicted molar refractivity (Wildman–Crippen MR) is 59.5 cm³/mol. The minimum atomic E-state index is -1.07. The molecule has 4 N–H and O–H groups in total. The number of aliphatic carboxylic acids is 1. The van der Waals surface area contributed by atoms with Gasteiger partial charge in [0.1, 0.15) is 11.8 Å². The van der Waals surface area contributed by atoms with Crippen molar-refractivity contribution >= 4 is 5.97 Å². The Morgan fingerprint density at radius 1 is 1.47 bits per heavy atom. The summed E-state index contributed by atoms with van der Waals surface area (Å²) in [5.41, 5.74) is 6.71. The van der Waals surface area contributed by atoms with Crippen LogP contribution >= 0.6 is 0 Å². The van der Waals surface area contributed by atoms with Crippen molar-refractivity contribution in [2.24, 2.45) is 5.73 Å². The van der Waals surface area contributed by atoms with E-state index in [1.807, 2.05) is 0 Å². The van der Waals surface area contributed by atoms with Crippen molar-refractivity contribution in [2.45, 2.75) is 26.3 Å². The lowest BCUT2D eigenvalue weighted by Gasteiger charge is -2.07. The first-order valence-electron chi connectivity index (χ1n) is 4.56. The zero-order valence-electron chi connectivity index (χ0n) is 9.03. The van der Waals surface area contributed by atoms with Crippen LogP contribution in [0.2, 0.25) is 0 Å². The molecule has 15 heavy (non-hydrogen) atoms. The third-order valence-electron chi connectivity index (χ3n) is 1.87. The molecule has 0 aromatic rings. The molecule has 0 aromatic carbocycles. The number of carboxylic acid groups (broad SMARTS) is 1. The number of rotatable bonds is 5. The Morgan fingerprint density at radius 3 is 2.33 bits per heavy atom. The Morgan fingerprint density at radius 2 is 2.00 bits per heavy atom. The van der Waals surface area contributed by atoms with Crippen LogP contribution < -0.4 is 5.73 Å². The van der Waals surface area contributed by atoms with E-state index in [4.69, 9.17) is 10.8 Å². The van der Waals surface area contributed by atoms with Crippen LogP contribution in [0.1, 0.15) is 20.3 Å². The lowest BCUT2D eigenvalue weighted by atomic mass is 10.1. The topological polar surface area (TPSA) is 83.5 Å². The summed E-state index contributed by atoms with van der Waals surface area (Å²) in [7, 11) is 0. The lowest BCUT2D eigenvalue weighted by Crippen LogP contribution is -2.30. The van der Waals surface area contributed by atoms with Gasteiger partial charge in [-0.25, -0.2) is 0 Å². The van der Waals surface area contributed by atoms with Gasteiger partial charge >= 0.3 is 5.97 Å². The maximum Gasteiger partial charge on any atom is 0.320 e. The second-order valence-electron chi connectivity index (χ2n) is 3.46. The second-order valence-corrected chi connectivity index (χ2v) is 3.46. The molecule has 0 radical (unpaired) electrons. The van der Waals surface area contributed by atoms with Crippen molar-refractivity contribution in [1.82, 2.24) is 0 Å². The van der Waals surface area contributed by atoms with Gasteiger partial charge < -0.3 is 15.9 Å². The van der Waals surface area contributed by atoms with Gasteiger partial charge in [0.25, 0.3) is 0 Å². The van der Waals surface area contributed by atoms with Crippen LogP contribution in [0.3, 0.4) is 0 Å². The van der Waals surface area contributed by atoms with Crippen molar-refractivity contribution in [3.05, 3.63) is 35.6 Å². The molecule has 0 aliphatic heterocycles. The van der Waals surface area contributed by atoms with E-state index in [0.717, 1.165) is 5.57 Å². The maximum atomic E-state index is 10.5. The molecule has 0 heterocycles. The second kappa shape index (κ2) is 6.03. The van der Waals surface area contributed by atoms with Crippen LogP contribution in [-0.4, -0.2) is 22.2 Å². The summed E-state index contributed by atoms with van der Waals surface area (Å²) in [5, 5.41) is 18.1. The number of carboxylic acids is 1. The van der Waals surface area contributed by atoms with Gasteiger partial charge in [0.05, 0.1) is 0 Å². The zero-order chi connectivity index (χ0) is 12.0. The highest BCUT2D eigenvalue weighted by Gasteiger charge is 2.12. The van der Waals surface area contributed by atoms with E-state index in [-0.39, 0.29) is 12.2 Å². The van der Waals surface area contributed by atoms with Gasteiger partial charge in [-0.2, -0.15) is 0 Å². The third kappa shape index (κ3) is 5.02. The molecule has 84 valence electrons. The summed E-state index contributed by atoms with van der Waals surface area (Å²) in [4.78, 5) is 10.5. The van der Waals surface area contributed by atoms with E-state index in [9.17, 15) is 9.90 Å². The van der Waals surface area contributed by atoms with Gasteiger partial charge in [-0.05, 0) is 37.5 Å². The molecule has 0 aromatic heterocycles. The van der Waals surface area contributed by atoms with Crippen molar-refractivity contribution in [2.75, 3.05) is 0 Å². The number of aliphatic hydroxyl groups excluding tert-OH is 1. The number of nitrogens with two attached hydrogens (primary N) is 1. The highest BCUT2D eigenvalue weighted by molar-refractivity contribution is 5.73. The van der Waals surface area contributed by atoms with Crippen molar-refractivity contribution in [3.63, 3.8) is 0 Å². The average Bonchev–Trinajstić information content (AvgIpc) is 2.15. The number of carbonyl (C=O) groups is 1. The first-order valence-corrected chi connectivity index (χ1v) is 4.56. The van der Waals surface area contributed by atoms with Crippen LogP contribution in [-0.2, 0) is 4.79 Å². The molecule has 0 unspecified atom stereocenters. The first kappa shape index (κ1) is 13.4. The van der Waals surface area contributed by atoms with Gasteiger partial charge in [-0.3, -0.25) is 4.79 Å². The van der Waals surface area contributed by atoms with Crippen LogP contribution in [0.25, 0.3) is 0 Å². The Bertz CT molecular complexity index is 312. The SMILES string of the molecule is C=C/C(=C\C(O)=C(C)C)C[C@H](N)C(=O)O. The zero-order valence-corrected chi connectivity index (χ0v) is 9.03. The fraction of sp³-hybridized carbons (Fsp3) is 0.364. The molecule has 0 aliphatic rings. The summed E-state index contributed by atoms with van der Waals surface area (Å²) in [6.45, 7) is 7.04. The normalized spacial score (nSPS) is 13.1. The van der Waals surface area contributed by atoms with E-state index in [0.29, 0.717) is 5.57 Å². The molecule has 0 aliphatic carbocycles. The van der Waals surface area contributed by atoms with E-state index in [1.165, 1.54) is 12.2 Å². The fourth-order valence-electron chi connectivity index (χ4n) is 0.862. The predicted octanol–water partition coefficient (Wildman–Crippen LogP) is 1.75. The van der Waals surface area contributed by atoms with Crippen LogP contribution in [0.4, 0.5) is 0 Å². The molecule has 4 nitrogen and oxygen atoms in total. The Hall–Kier alpha value is -1.55. The molecule has 0 rings (SSSR count). The smallest absolute Gasteiger partial charge is 0.320 e. The number of hydrogen-bond donors (Lipinski definition) is 3. The molecule has 1 atom stereocenters. The molecule has 0 fully saturated rings. The Balaban J connectivity index is 4.72. The minimum Gasteiger partial charge on any atom is -0.508 e. The first-order chi connectivity index (χ1) is 6.88. The summed E-state index contributed by atoms with van der Waals surface area (Å²) >= 11 is 0. The summed E-state index contributed by atoms with van der Waals surface area (Å²) in [5.74, 6) is -0.957. The average molecular weight is 211 g/mol. The number of aliphatic hydroxyl groups is 1. The quantitative estimate of drug-likeness (QED) is 0.478. The van der Waals surface area contributed by atoms with E-state index in [1.54, 1.807) is 13.8 Å². The van der Waals surface area contributed by atoms with Crippen molar-refractivity contribution in [3.8, 4) is 0 Å². The van der Waals surface area contributed by atoms with Crippen molar-refractivity contribution < 1.29 is 15.0 Å². The molecule has 0 saturated heterocycles. The largest absolute Gasteiger partial charge is 0.508 e. The number of allylic oxidation sites excluding steroid dienone is 3. The van der Waals surface area contributed by atoms with E-state index < -0.39 is 12.0 Å². The fourth-order valence-corrected chi connectivity index (χ4v) is 0.862. The summed E-state index contributed by atoms with van der Waals surface area (Å²) in [6.07, 6.45) is 3.11. The van der Waals surface area contributed by atoms with Crippen LogP contribution in [0.15, 0.2) is 35.6 Å². The van der Waals surface area contributed by atoms with Crippen LogP contribution in [0, 0.1) is 0 Å². The molecule has 0 amide bonds. The summed E-state index contributed by atoms with van der Waals surface area (Å²) in [6, 6.07) is -0.973. The molecule has 0 spiro atoms. The highest BCUT2D eigenvalue weighted by Crippen LogP contribution is 2.11. The minimum absolute atomic E-state index is 0.113. The van der Waals surface area contributed by atoms with Crippen LogP contribution in [0.5, 0.6) is 0 Å². The number of hydrogen-bond acceptors (Lipinski definition) is 3. The molecule has 4 heteroatoms. The highest BCUT2D eigenvalue weighted by atomic mass is 16.4. The molecule has 0 bridgehead atoms. The molecule has 0 saturated carbocycles. The standard InChI is InChI=1S/C11H17NO3/c1-4-8(5-9(12)11(14)15)6-10(13)7(2)3/h4,6,9,13H,1,5,12H2,2-3H3,(H,14,15)/b8-6+/t9-/m0/s1. The molecular formula is C11H17NO3. The van der Waals surface area contributed by atoms with Gasteiger partial charge in [-0.1, -0.05) is 12.7 Å². The van der Waals surface area contributed by atoms with Gasteiger partial charge in [0.2, 0.25) is 0 Å². The Labute approximate surface area is 89.4 Å². The van der Waals surface area contributed by atoms with Crippen molar-refractivity contribution in [1.29, 1.82) is 0 Å². The van der Waals surface area contributed by atoms with Gasteiger partial charge in [-0.15, -0.1) is 0 Å².